The van der Waals surface area contributed by atoms with Crippen molar-refractivity contribution in [2.24, 2.45) is 0 Å². The first-order chi connectivity index (χ1) is 16.8. The number of pyridine rings is 3. The highest BCUT2D eigenvalue weighted by Crippen LogP contribution is 2.31. The number of hydrogen-bond donors (Lipinski definition) is 3. The average Bonchev–Trinajstić information content (AvgIpc) is 3.40. The molecule has 1 amide bonds. The van der Waals surface area contributed by atoms with E-state index in [2.05, 4.69) is 35.7 Å². The molecule has 0 bridgehead atoms. The van der Waals surface area contributed by atoms with Crippen LogP contribution in [0.25, 0.3) is 5.69 Å². The molecule has 0 saturated heterocycles. The zero-order chi connectivity index (χ0) is 24.8. The van der Waals surface area contributed by atoms with Crippen molar-refractivity contribution >= 4 is 23.3 Å². The molecule has 0 aliphatic heterocycles. The van der Waals surface area contributed by atoms with Gasteiger partial charge in [-0.05, 0) is 24.3 Å². The Labute approximate surface area is 203 Å². The lowest BCUT2D eigenvalue weighted by molar-refractivity contribution is -0.120. The summed E-state index contributed by atoms with van der Waals surface area (Å²) in [5.41, 5.74) is 0.691. The molecule has 4 aromatic heterocycles. The summed E-state index contributed by atoms with van der Waals surface area (Å²) >= 11 is 6.03. The van der Waals surface area contributed by atoms with Crippen molar-refractivity contribution in [3.63, 3.8) is 0 Å². The number of alkyl halides is 2. The fourth-order valence-corrected chi connectivity index (χ4v) is 3.36. The lowest BCUT2D eigenvalue weighted by atomic mass is 10.2. The minimum absolute atomic E-state index is 0.0237. The molecule has 0 aliphatic carbocycles. The van der Waals surface area contributed by atoms with Crippen molar-refractivity contribution in [2.45, 2.75) is 18.9 Å². The van der Waals surface area contributed by atoms with Gasteiger partial charge in [-0.15, -0.1) is 0 Å². The van der Waals surface area contributed by atoms with Gasteiger partial charge in [-0.25, -0.2) is 14.6 Å². The highest BCUT2D eigenvalue weighted by molar-refractivity contribution is 6.32. The summed E-state index contributed by atoms with van der Waals surface area (Å²) in [4.78, 5) is 28.5. The molecule has 0 aromatic carbocycles. The van der Waals surface area contributed by atoms with Crippen LogP contribution in [0.2, 0.25) is 5.02 Å². The predicted octanol–water partition coefficient (Wildman–Crippen LogP) is 2.87. The van der Waals surface area contributed by atoms with Crippen molar-refractivity contribution < 1.29 is 18.7 Å². The van der Waals surface area contributed by atoms with E-state index in [9.17, 15) is 18.7 Å². The summed E-state index contributed by atoms with van der Waals surface area (Å²) in [5.74, 6) is -4.21. The molecule has 35 heavy (non-hydrogen) atoms. The van der Waals surface area contributed by atoms with E-state index in [1.807, 2.05) is 0 Å². The van der Waals surface area contributed by atoms with Gasteiger partial charge in [-0.1, -0.05) is 17.7 Å². The molecule has 180 valence electrons. The number of amides is 1. The van der Waals surface area contributed by atoms with Crippen LogP contribution < -0.4 is 10.6 Å². The van der Waals surface area contributed by atoms with E-state index in [-0.39, 0.29) is 29.5 Å². The third-order valence-corrected chi connectivity index (χ3v) is 5.15. The van der Waals surface area contributed by atoms with Crippen LogP contribution in [0.1, 0.15) is 17.1 Å². The Balaban J connectivity index is 1.42. The maximum Gasteiger partial charge on any atom is 0.306 e. The highest BCUT2D eigenvalue weighted by atomic mass is 35.5. The summed E-state index contributed by atoms with van der Waals surface area (Å²) in [6, 6.07) is 8.90. The lowest BCUT2D eigenvalue weighted by Gasteiger charge is -2.17. The molecule has 0 radical (unpaired) electrons. The summed E-state index contributed by atoms with van der Waals surface area (Å²) in [7, 11) is 0. The van der Waals surface area contributed by atoms with E-state index < -0.39 is 29.8 Å². The normalized spacial score (nSPS) is 11.3. The Morgan fingerprint density at radius 1 is 1.14 bits per heavy atom. The third kappa shape index (κ3) is 5.84. The molecule has 0 fully saturated rings. The van der Waals surface area contributed by atoms with Crippen molar-refractivity contribution in [3.05, 3.63) is 83.6 Å². The summed E-state index contributed by atoms with van der Waals surface area (Å²) in [6.45, 7) is -0.744. The largest absolute Gasteiger partial charge is 0.505 e. The number of hydrogen-bond acceptors (Lipinski definition) is 8. The molecule has 0 saturated carbocycles. The third-order valence-electron chi connectivity index (χ3n) is 4.86. The number of carbonyl (C=O) groups excluding carboxylic acids is 1. The second-order valence-corrected chi connectivity index (χ2v) is 7.73. The van der Waals surface area contributed by atoms with Gasteiger partial charge in [0.1, 0.15) is 24.2 Å². The van der Waals surface area contributed by atoms with E-state index in [4.69, 9.17) is 11.6 Å². The van der Waals surface area contributed by atoms with Gasteiger partial charge in [0, 0.05) is 18.5 Å². The number of aromatic nitrogens is 6. The predicted molar refractivity (Wildman–Crippen MR) is 122 cm³/mol. The van der Waals surface area contributed by atoms with Crippen molar-refractivity contribution in [3.8, 4) is 11.4 Å². The van der Waals surface area contributed by atoms with E-state index in [1.165, 1.54) is 47.8 Å². The van der Waals surface area contributed by atoms with Gasteiger partial charge >= 0.3 is 5.92 Å². The smallest absolute Gasteiger partial charge is 0.306 e. The van der Waals surface area contributed by atoms with Crippen LogP contribution in [-0.2, 0) is 23.7 Å². The fourth-order valence-electron chi connectivity index (χ4n) is 3.15. The van der Waals surface area contributed by atoms with Crippen LogP contribution in [0.5, 0.6) is 5.75 Å². The Morgan fingerprint density at radius 2 is 1.97 bits per heavy atom. The van der Waals surface area contributed by atoms with Crippen LogP contribution >= 0.6 is 11.6 Å². The van der Waals surface area contributed by atoms with Gasteiger partial charge in [0.2, 0.25) is 5.91 Å². The molecule has 4 heterocycles. The Morgan fingerprint density at radius 3 is 2.71 bits per heavy atom. The molecule has 4 aromatic rings. The molecule has 4 rings (SSSR count). The summed E-state index contributed by atoms with van der Waals surface area (Å²) in [6.07, 6.45) is 5.38. The van der Waals surface area contributed by atoms with E-state index in [1.54, 1.807) is 18.3 Å². The minimum atomic E-state index is -3.28. The maximum atomic E-state index is 14.4. The van der Waals surface area contributed by atoms with Gasteiger partial charge in [-0.3, -0.25) is 14.8 Å². The highest BCUT2D eigenvalue weighted by Gasteiger charge is 2.33. The van der Waals surface area contributed by atoms with Crippen LogP contribution in [0.4, 0.5) is 14.6 Å². The molecule has 0 unspecified atom stereocenters. The van der Waals surface area contributed by atoms with Gasteiger partial charge in [0.05, 0.1) is 41.6 Å². The molecule has 0 spiro atoms. The fraction of sp³-hybridized carbons (Fsp3) is 0.182. The number of rotatable bonds is 9. The number of nitrogens with zero attached hydrogens (tertiary/aromatic N) is 6. The number of aromatic hydroxyl groups is 1. The first-order valence-corrected chi connectivity index (χ1v) is 10.7. The summed E-state index contributed by atoms with van der Waals surface area (Å²) < 4.78 is 30.3. The quantitative estimate of drug-likeness (QED) is 0.320. The molecular weight excluding hydrogens is 482 g/mol. The summed E-state index contributed by atoms with van der Waals surface area (Å²) in [5, 5.41) is 19.3. The molecule has 0 aliphatic rings. The topological polar surface area (TPSA) is 131 Å². The maximum absolute atomic E-state index is 14.4. The second-order valence-electron chi connectivity index (χ2n) is 7.32. The number of carbonyl (C=O) groups is 1. The number of nitrogens with one attached hydrogen (secondary N) is 2. The standard InChI is InChI=1S/C22H19ClF2N8O2/c23-14-8-19(30-11-22(24,25)18-5-1-2-6-28-18)32-15(21(14)35)9-20(34)29-10-16-17(4-3-7-27-16)33-13-26-12-31-33/h1-8,12-13,35H,9-11H2,(H,29,34)(H,30,32). The number of halogens is 3. The first kappa shape index (κ1) is 24.0. The average molecular weight is 501 g/mol. The second kappa shape index (κ2) is 10.4. The first-order valence-electron chi connectivity index (χ1n) is 10.3. The van der Waals surface area contributed by atoms with Crippen LogP contribution in [0.3, 0.4) is 0 Å². The van der Waals surface area contributed by atoms with Crippen molar-refractivity contribution in [2.75, 3.05) is 11.9 Å². The van der Waals surface area contributed by atoms with Crippen LogP contribution in [0.15, 0.2) is 61.4 Å². The zero-order valence-electron chi connectivity index (χ0n) is 18.1. The monoisotopic (exact) mass is 500 g/mol. The van der Waals surface area contributed by atoms with Gasteiger partial charge in [0.25, 0.3) is 0 Å². The van der Waals surface area contributed by atoms with E-state index in [0.717, 1.165) is 0 Å². The molecule has 13 heteroatoms. The Hall–Kier alpha value is -4.19. The Bertz CT molecular complexity index is 1310. The van der Waals surface area contributed by atoms with Crippen molar-refractivity contribution in [1.29, 1.82) is 0 Å². The van der Waals surface area contributed by atoms with Crippen LogP contribution in [-0.4, -0.2) is 47.3 Å². The van der Waals surface area contributed by atoms with E-state index in [0.29, 0.717) is 11.4 Å². The molecule has 0 atom stereocenters. The van der Waals surface area contributed by atoms with Crippen molar-refractivity contribution in [1.82, 2.24) is 35.0 Å². The lowest BCUT2D eigenvalue weighted by Crippen LogP contribution is -2.27. The minimum Gasteiger partial charge on any atom is -0.505 e. The molecular formula is C22H19ClF2N8O2. The SMILES string of the molecule is O=C(Cc1nc(NCC(F)(F)c2ccccn2)cc(Cl)c1O)NCc1ncccc1-n1cncn1. The van der Waals surface area contributed by atoms with Crippen LogP contribution in [0, 0.1) is 0 Å². The Kier molecular flexibility index (Phi) is 7.11. The molecule has 3 N–H and O–H groups in total. The number of anilines is 1. The van der Waals surface area contributed by atoms with Gasteiger partial charge in [0.15, 0.2) is 5.75 Å². The van der Waals surface area contributed by atoms with Gasteiger partial charge in [-0.2, -0.15) is 13.9 Å². The zero-order valence-corrected chi connectivity index (χ0v) is 18.8. The van der Waals surface area contributed by atoms with E-state index >= 15 is 0 Å². The molecule has 10 nitrogen and oxygen atoms in total. The van der Waals surface area contributed by atoms with Gasteiger partial charge < -0.3 is 15.7 Å².